The molecular weight excluding hydrogens is 258 g/mol. The number of hydrogen-bond acceptors (Lipinski definition) is 4. The Hall–Kier alpha value is -2.63. The fourth-order valence-corrected chi connectivity index (χ4v) is 2.06. The van der Waals surface area contributed by atoms with E-state index >= 15 is 0 Å². The summed E-state index contributed by atoms with van der Waals surface area (Å²) in [5.41, 5.74) is 0.634. The minimum atomic E-state index is -0.330. The highest BCUT2D eigenvalue weighted by Crippen LogP contribution is 2.17. The Morgan fingerprint density at radius 2 is 2.00 bits per heavy atom. The zero-order valence-corrected chi connectivity index (χ0v) is 10.9. The number of fused-ring (bicyclic) bond motifs is 1. The van der Waals surface area contributed by atoms with Crippen molar-refractivity contribution in [1.29, 1.82) is 0 Å². The monoisotopic (exact) mass is 271 g/mol. The number of anilines is 1. The van der Waals surface area contributed by atoms with Gasteiger partial charge >= 0.3 is 0 Å². The Balaban J connectivity index is 1.85. The van der Waals surface area contributed by atoms with Crippen LogP contribution in [0.1, 0.15) is 5.56 Å². The van der Waals surface area contributed by atoms with Gasteiger partial charge in [-0.15, -0.1) is 0 Å². The van der Waals surface area contributed by atoms with E-state index in [1.165, 1.54) is 15.7 Å². The molecule has 0 bridgehead atoms. The minimum absolute atomic E-state index is 0.0141. The number of carbonyl (C=O) groups is 1. The molecule has 3 rings (SSSR count). The molecule has 0 aliphatic carbocycles. The molecule has 6 heteroatoms. The van der Waals surface area contributed by atoms with E-state index in [0.717, 1.165) is 5.56 Å². The molecule has 1 aliphatic heterocycles. The molecule has 0 N–H and O–H groups in total. The third-order valence-corrected chi connectivity index (χ3v) is 3.20. The molecule has 1 aliphatic rings. The predicted molar refractivity (Wildman–Crippen MR) is 72.7 cm³/mol. The van der Waals surface area contributed by atoms with Crippen molar-refractivity contribution in [3.8, 4) is 5.75 Å². The van der Waals surface area contributed by atoms with Crippen LogP contribution in [0.4, 0.5) is 5.95 Å². The van der Waals surface area contributed by atoms with Crippen LogP contribution in [0.2, 0.25) is 0 Å². The maximum atomic E-state index is 12.2. The smallest absolute Gasteiger partial charge is 0.297 e. The first kappa shape index (κ1) is 12.4. The number of benzene rings is 1. The molecule has 0 saturated heterocycles. The van der Waals surface area contributed by atoms with E-state index in [1.807, 2.05) is 30.3 Å². The van der Waals surface area contributed by atoms with Gasteiger partial charge in [-0.25, -0.2) is 4.98 Å². The fraction of sp³-hybridized carbons (Fsp3) is 0.214. The molecule has 2 heterocycles. The molecule has 0 fully saturated rings. The highest BCUT2D eigenvalue weighted by atomic mass is 16.5. The van der Waals surface area contributed by atoms with Crippen molar-refractivity contribution < 1.29 is 9.53 Å². The van der Waals surface area contributed by atoms with Crippen LogP contribution in [0.5, 0.6) is 5.75 Å². The number of aromatic nitrogens is 2. The molecule has 1 aromatic carbocycles. The van der Waals surface area contributed by atoms with Crippen molar-refractivity contribution in [1.82, 2.24) is 9.55 Å². The van der Waals surface area contributed by atoms with E-state index < -0.39 is 0 Å². The zero-order chi connectivity index (χ0) is 14.1. The Labute approximate surface area is 115 Å². The quantitative estimate of drug-likeness (QED) is 0.828. The second-order valence-electron chi connectivity index (χ2n) is 4.54. The first-order chi connectivity index (χ1) is 9.66. The zero-order valence-electron chi connectivity index (χ0n) is 10.9. The summed E-state index contributed by atoms with van der Waals surface area (Å²) < 4.78 is 6.82. The maximum absolute atomic E-state index is 12.2. The summed E-state index contributed by atoms with van der Waals surface area (Å²) in [6.45, 7) is 0.307. The van der Waals surface area contributed by atoms with Crippen LogP contribution >= 0.6 is 0 Å². The Morgan fingerprint density at radius 3 is 2.75 bits per heavy atom. The van der Waals surface area contributed by atoms with Gasteiger partial charge in [0.15, 0.2) is 0 Å². The van der Waals surface area contributed by atoms with Crippen LogP contribution in [0, 0.1) is 0 Å². The summed E-state index contributed by atoms with van der Waals surface area (Å²) in [5.74, 6) is 0.350. The van der Waals surface area contributed by atoms with E-state index in [4.69, 9.17) is 4.74 Å². The highest BCUT2D eigenvalue weighted by molar-refractivity contribution is 5.94. The Bertz CT molecular complexity index is 709. The third-order valence-electron chi connectivity index (χ3n) is 3.20. The highest BCUT2D eigenvalue weighted by Gasteiger charge is 2.27. The van der Waals surface area contributed by atoms with Crippen LogP contribution < -0.4 is 15.2 Å². The minimum Gasteiger partial charge on any atom is -0.482 e. The molecule has 6 nitrogen and oxygen atoms in total. The lowest BCUT2D eigenvalue weighted by Crippen LogP contribution is -2.22. The number of rotatable bonds is 3. The van der Waals surface area contributed by atoms with Gasteiger partial charge < -0.3 is 4.74 Å². The summed E-state index contributed by atoms with van der Waals surface area (Å²) in [5, 5.41) is 0. The average Bonchev–Trinajstić information content (AvgIpc) is 2.76. The van der Waals surface area contributed by atoms with E-state index in [1.54, 1.807) is 7.05 Å². The summed E-state index contributed by atoms with van der Waals surface area (Å²) in [6.07, 6.45) is 1.37. The lowest BCUT2D eigenvalue weighted by Gasteiger charge is -2.09. The first-order valence-electron chi connectivity index (χ1n) is 6.20. The summed E-state index contributed by atoms with van der Waals surface area (Å²) in [6, 6.07) is 9.54. The standard InChI is InChI=1S/C14H13N3O3/c1-16-12(18)8-17-13(19)11(7-15-14(16)17)20-9-10-5-3-2-4-6-10/h2-7H,8-9H2,1H3. The number of likely N-dealkylation sites (N-methyl/N-ethyl adjacent to an activating group) is 1. The van der Waals surface area contributed by atoms with E-state index in [0.29, 0.717) is 12.6 Å². The van der Waals surface area contributed by atoms with Gasteiger partial charge in [-0.3, -0.25) is 19.1 Å². The molecule has 20 heavy (non-hydrogen) atoms. The summed E-state index contributed by atoms with van der Waals surface area (Å²) in [7, 11) is 1.60. The largest absolute Gasteiger partial charge is 0.482 e. The summed E-state index contributed by atoms with van der Waals surface area (Å²) >= 11 is 0. The van der Waals surface area contributed by atoms with Gasteiger partial charge in [-0.2, -0.15) is 0 Å². The fourth-order valence-electron chi connectivity index (χ4n) is 2.06. The first-order valence-corrected chi connectivity index (χ1v) is 6.20. The lowest BCUT2D eigenvalue weighted by molar-refractivity contribution is -0.117. The van der Waals surface area contributed by atoms with Gasteiger partial charge in [0.2, 0.25) is 17.6 Å². The second-order valence-corrected chi connectivity index (χ2v) is 4.54. The van der Waals surface area contributed by atoms with Crippen molar-refractivity contribution in [3.63, 3.8) is 0 Å². The number of ether oxygens (including phenoxy) is 1. The molecule has 0 spiro atoms. The van der Waals surface area contributed by atoms with Gasteiger partial charge in [0.05, 0.1) is 6.20 Å². The number of amides is 1. The van der Waals surface area contributed by atoms with Gasteiger partial charge in [-0.1, -0.05) is 30.3 Å². The van der Waals surface area contributed by atoms with Crippen molar-refractivity contribution in [2.75, 3.05) is 11.9 Å². The van der Waals surface area contributed by atoms with E-state index in [9.17, 15) is 9.59 Å². The number of hydrogen-bond donors (Lipinski definition) is 0. The Kier molecular flexibility index (Phi) is 2.98. The van der Waals surface area contributed by atoms with Gasteiger partial charge in [0.25, 0.3) is 5.56 Å². The topological polar surface area (TPSA) is 64.4 Å². The van der Waals surface area contributed by atoms with Crippen LogP contribution in [0.25, 0.3) is 0 Å². The molecular formula is C14H13N3O3. The van der Waals surface area contributed by atoms with E-state index in [-0.39, 0.29) is 23.8 Å². The lowest BCUT2D eigenvalue weighted by atomic mass is 10.2. The number of carbonyl (C=O) groups excluding carboxylic acids is 1. The van der Waals surface area contributed by atoms with Crippen LogP contribution in [-0.4, -0.2) is 22.5 Å². The molecule has 0 atom stereocenters. The van der Waals surface area contributed by atoms with Crippen molar-refractivity contribution >= 4 is 11.9 Å². The normalized spacial score (nSPS) is 13.4. The molecule has 102 valence electrons. The van der Waals surface area contributed by atoms with Crippen LogP contribution in [0.15, 0.2) is 41.3 Å². The van der Waals surface area contributed by atoms with Crippen molar-refractivity contribution in [2.45, 2.75) is 13.2 Å². The Morgan fingerprint density at radius 1 is 1.25 bits per heavy atom. The predicted octanol–water partition coefficient (Wildman–Crippen LogP) is 0.799. The maximum Gasteiger partial charge on any atom is 0.297 e. The average molecular weight is 271 g/mol. The van der Waals surface area contributed by atoms with Crippen molar-refractivity contribution in [3.05, 3.63) is 52.4 Å². The molecule has 0 radical (unpaired) electrons. The second kappa shape index (κ2) is 4.80. The molecule has 2 aromatic rings. The molecule has 0 saturated carbocycles. The SMILES string of the molecule is CN1C(=O)Cn2c1ncc(OCc1ccccc1)c2=O. The molecule has 0 unspecified atom stereocenters. The van der Waals surface area contributed by atoms with Gasteiger partial charge in [0, 0.05) is 7.05 Å². The van der Waals surface area contributed by atoms with Crippen LogP contribution in [0.3, 0.4) is 0 Å². The third kappa shape index (κ3) is 2.05. The van der Waals surface area contributed by atoms with Gasteiger partial charge in [0.1, 0.15) is 13.2 Å². The van der Waals surface area contributed by atoms with Crippen molar-refractivity contribution in [2.24, 2.45) is 0 Å². The summed E-state index contributed by atoms with van der Waals surface area (Å²) in [4.78, 5) is 29.2. The van der Waals surface area contributed by atoms with Gasteiger partial charge in [-0.05, 0) is 5.56 Å². The van der Waals surface area contributed by atoms with E-state index in [2.05, 4.69) is 4.98 Å². The molecule has 1 aromatic heterocycles. The number of nitrogens with zero attached hydrogens (tertiary/aromatic N) is 3. The van der Waals surface area contributed by atoms with Crippen LogP contribution in [-0.2, 0) is 17.9 Å². The molecule has 1 amide bonds.